The summed E-state index contributed by atoms with van der Waals surface area (Å²) >= 11 is 0. The largest absolute Gasteiger partial charge is 0.389 e. The van der Waals surface area contributed by atoms with Gasteiger partial charge in [-0.1, -0.05) is 12.1 Å². The van der Waals surface area contributed by atoms with Gasteiger partial charge in [0.25, 0.3) is 0 Å². The van der Waals surface area contributed by atoms with Gasteiger partial charge >= 0.3 is 0 Å². The van der Waals surface area contributed by atoms with Crippen molar-refractivity contribution < 1.29 is 5.11 Å². The number of rotatable bonds is 3. The Hall–Kier alpha value is -2.92. The lowest BCUT2D eigenvalue weighted by molar-refractivity contribution is 0.199. The molecule has 23 heavy (non-hydrogen) atoms. The number of aliphatic hydroxyl groups is 1. The third kappa shape index (κ3) is 2.41. The molecule has 4 rings (SSSR count). The fraction of sp³-hybridized carbons (Fsp3) is 0.111. The number of aliphatic hydroxyl groups excluding tert-OH is 1. The molecule has 0 bridgehead atoms. The third-order valence-corrected chi connectivity index (χ3v) is 3.96. The van der Waals surface area contributed by atoms with Gasteiger partial charge in [-0.3, -0.25) is 4.57 Å². The minimum Gasteiger partial charge on any atom is -0.389 e. The summed E-state index contributed by atoms with van der Waals surface area (Å²) in [4.78, 5) is 8.55. The van der Waals surface area contributed by atoms with E-state index in [-0.39, 0.29) is 0 Å². The molecule has 0 fully saturated rings. The highest BCUT2D eigenvalue weighted by molar-refractivity contribution is 5.78. The van der Waals surface area contributed by atoms with Crippen LogP contribution in [-0.4, -0.2) is 24.2 Å². The number of benzene rings is 2. The molecule has 2 aromatic carbocycles. The number of nitrogens with zero attached hydrogens (tertiary/aromatic N) is 4. The van der Waals surface area contributed by atoms with Crippen molar-refractivity contribution in [3.8, 4) is 11.4 Å². The first-order chi connectivity index (χ1) is 11.2. The van der Waals surface area contributed by atoms with Crippen LogP contribution in [0.5, 0.6) is 0 Å². The van der Waals surface area contributed by atoms with Crippen LogP contribution in [0.2, 0.25) is 0 Å². The van der Waals surface area contributed by atoms with Crippen molar-refractivity contribution in [1.29, 1.82) is 0 Å². The summed E-state index contributed by atoms with van der Waals surface area (Å²) in [6, 6.07) is 14.0. The Labute approximate surface area is 133 Å². The van der Waals surface area contributed by atoms with Crippen molar-refractivity contribution in [2.45, 2.75) is 13.0 Å². The van der Waals surface area contributed by atoms with E-state index in [1.165, 1.54) is 0 Å². The van der Waals surface area contributed by atoms with Gasteiger partial charge in [0.15, 0.2) is 0 Å². The highest BCUT2D eigenvalue weighted by Gasteiger charge is 2.08. The first-order valence-electron chi connectivity index (χ1n) is 7.46. The second-order valence-corrected chi connectivity index (χ2v) is 5.53. The average molecular weight is 304 g/mol. The highest BCUT2D eigenvalue weighted by Crippen LogP contribution is 2.23. The van der Waals surface area contributed by atoms with E-state index in [9.17, 15) is 5.11 Å². The molecule has 0 aliphatic heterocycles. The second-order valence-electron chi connectivity index (χ2n) is 5.53. The summed E-state index contributed by atoms with van der Waals surface area (Å²) in [7, 11) is 0. The maximum atomic E-state index is 9.71. The van der Waals surface area contributed by atoms with Crippen molar-refractivity contribution in [1.82, 2.24) is 19.1 Å². The zero-order valence-corrected chi connectivity index (χ0v) is 12.7. The van der Waals surface area contributed by atoms with Crippen molar-refractivity contribution in [2.75, 3.05) is 0 Å². The molecule has 0 spiro atoms. The van der Waals surface area contributed by atoms with Gasteiger partial charge in [-0.2, -0.15) is 0 Å². The molecule has 0 saturated heterocycles. The molecule has 4 aromatic rings. The van der Waals surface area contributed by atoms with E-state index in [0.717, 1.165) is 28.0 Å². The van der Waals surface area contributed by atoms with E-state index >= 15 is 0 Å². The maximum Gasteiger partial charge on any atom is 0.100 e. The van der Waals surface area contributed by atoms with Crippen LogP contribution in [0.3, 0.4) is 0 Å². The molecule has 1 atom stereocenters. The molecule has 0 amide bonds. The fourth-order valence-electron chi connectivity index (χ4n) is 2.71. The van der Waals surface area contributed by atoms with Crippen molar-refractivity contribution in [3.05, 3.63) is 73.1 Å². The topological polar surface area (TPSA) is 55.9 Å². The number of fused-ring (bicyclic) bond motifs is 1. The summed E-state index contributed by atoms with van der Waals surface area (Å²) in [5.74, 6) is 0. The predicted octanol–water partition coefficient (Wildman–Crippen LogP) is 3.26. The fourth-order valence-corrected chi connectivity index (χ4v) is 2.71. The van der Waals surface area contributed by atoms with Crippen molar-refractivity contribution in [3.63, 3.8) is 0 Å². The minimum atomic E-state index is -0.492. The van der Waals surface area contributed by atoms with Crippen molar-refractivity contribution >= 4 is 11.0 Å². The molecular weight excluding hydrogens is 288 g/mol. The van der Waals surface area contributed by atoms with Crippen LogP contribution in [0.4, 0.5) is 0 Å². The van der Waals surface area contributed by atoms with E-state index < -0.39 is 6.10 Å². The quantitative estimate of drug-likeness (QED) is 0.632. The summed E-state index contributed by atoms with van der Waals surface area (Å²) in [6.07, 6.45) is 6.77. The molecule has 2 heterocycles. The lowest BCUT2D eigenvalue weighted by Crippen LogP contribution is -1.96. The van der Waals surface area contributed by atoms with E-state index in [0.29, 0.717) is 0 Å². The Morgan fingerprint density at radius 2 is 1.91 bits per heavy atom. The Kier molecular flexibility index (Phi) is 3.20. The Morgan fingerprint density at radius 1 is 1.04 bits per heavy atom. The Bertz CT molecular complexity index is 954. The number of hydrogen-bond acceptors (Lipinski definition) is 3. The smallest absolute Gasteiger partial charge is 0.100 e. The lowest BCUT2D eigenvalue weighted by atomic mass is 10.1. The van der Waals surface area contributed by atoms with Gasteiger partial charge in [-0.25, -0.2) is 9.97 Å². The molecule has 0 aliphatic carbocycles. The van der Waals surface area contributed by atoms with E-state index in [4.69, 9.17) is 0 Å². The van der Waals surface area contributed by atoms with E-state index in [1.54, 1.807) is 19.4 Å². The maximum absolute atomic E-state index is 9.71. The molecule has 0 saturated carbocycles. The van der Waals surface area contributed by atoms with Crippen LogP contribution in [0.25, 0.3) is 22.4 Å². The normalized spacial score (nSPS) is 12.6. The van der Waals surface area contributed by atoms with Crippen LogP contribution in [-0.2, 0) is 0 Å². The standard InChI is InChI=1S/C18H16N4O/c1-13(23)14-5-6-18-17(9-14)20-12-22(18)16-4-2-3-15(10-16)21-8-7-19-11-21/h2-13,23H,1H3. The van der Waals surface area contributed by atoms with E-state index in [2.05, 4.69) is 16.0 Å². The van der Waals surface area contributed by atoms with Crippen LogP contribution >= 0.6 is 0 Å². The number of hydrogen-bond donors (Lipinski definition) is 1. The molecule has 1 N–H and O–H groups in total. The second kappa shape index (κ2) is 5.37. The Morgan fingerprint density at radius 3 is 2.70 bits per heavy atom. The highest BCUT2D eigenvalue weighted by atomic mass is 16.3. The van der Waals surface area contributed by atoms with Crippen LogP contribution < -0.4 is 0 Å². The summed E-state index contributed by atoms with van der Waals surface area (Å²) < 4.78 is 4.01. The van der Waals surface area contributed by atoms with Gasteiger partial charge in [0.1, 0.15) is 6.33 Å². The Balaban J connectivity index is 1.82. The van der Waals surface area contributed by atoms with Gasteiger partial charge in [0, 0.05) is 23.8 Å². The average Bonchev–Trinajstić information content (AvgIpc) is 3.24. The molecule has 114 valence electrons. The van der Waals surface area contributed by atoms with Gasteiger partial charge in [-0.15, -0.1) is 0 Å². The van der Waals surface area contributed by atoms with Gasteiger partial charge in [0.2, 0.25) is 0 Å². The van der Waals surface area contributed by atoms with Crippen molar-refractivity contribution in [2.24, 2.45) is 0 Å². The van der Waals surface area contributed by atoms with E-state index in [1.807, 2.05) is 58.1 Å². The monoisotopic (exact) mass is 304 g/mol. The zero-order valence-electron chi connectivity index (χ0n) is 12.7. The van der Waals surface area contributed by atoms with Gasteiger partial charge in [-0.05, 0) is 42.8 Å². The molecular formula is C18H16N4O. The molecule has 5 heteroatoms. The molecule has 2 aromatic heterocycles. The van der Waals surface area contributed by atoms with Crippen LogP contribution in [0.1, 0.15) is 18.6 Å². The summed E-state index contributed by atoms with van der Waals surface area (Å²) in [5.41, 5.74) is 4.83. The van der Waals surface area contributed by atoms with Gasteiger partial charge in [0.05, 0.1) is 23.5 Å². The summed E-state index contributed by atoms with van der Waals surface area (Å²) in [6.45, 7) is 1.76. The summed E-state index contributed by atoms with van der Waals surface area (Å²) in [5, 5.41) is 9.71. The SMILES string of the molecule is CC(O)c1ccc2c(c1)ncn2-c1cccc(-n2ccnc2)c1. The first-order valence-corrected chi connectivity index (χ1v) is 7.46. The number of aromatic nitrogens is 4. The molecule has 0 aliphatic rings. The zero-order chi connectivity index (χ0) is 15.8. The molecule has 5 nitrogen and oxygen atoms in total. The van der Waals surface area contributed by atoms with Crippen LogP contribution in [0.15, 0.2) is 67.5 Å². The number of imidazole rings is 2. The molecule has 1 unspecified atom stereocenters. The minimum absolute atomic E-state index is 0.492. The van der Waals surface area contributed by atoms with Crippen LogP contribution in [0, 0.1) is 0 Å². The lowest BCUT2D eigenvalue weighted by Gasteiger charge is -2.09. The predicted molar refractivity (Wildman–Crippen MR) is 88.8 cm³/mol. The third-order valence-electron chi connectivity index (χ3n) is 3.96. The van der Waals surface area contributed by atoms with Gasteiger partial charge < -0.3 is 9.67 Å². The first kappa shape index (κ1) is 13.7. The molecule has 0 radical (unpaired) electrons.